The van der Waals surface area contributed by atoms with Gasteiger partial charge in [0.15, 0.2) is 0 Å². The molecule has 1 aliphatic heterocycles. The van der Waals surface area contributed by atoms with Gasteiger partial charge in [0, 0.05) is 51.0 Å². The van der Waals surface area contributed by atoms with Crippen molar-refractivity contribution in [2.24, 2.45) is 5.92 Å². The van der Waals surface area contributed by atoms with Crippen molar-refractivity contribution in [3.63, 3.8) is 0 Å². The number of methoxy groups -OCH3 is 1. The Morgan fingerprint density at radius 3 is 2.89 bits per heavy atom. The molecule has 198 valence electrons. The average Bonchev–Trinajstić information content (AvgIpc) is 3.11. The van der Waals surface area contributed by atoms with Crippen molar-refractivity contribution in [1.29, 1.82) is 0 Å². The number of hydrogen-bond donors (Lipinski definition) is 4. The minimum Gasteiger partial charge on any atom is -0.453 e. The van der Waals surface area contributed by atoms with Gasteiger partial charge in [0.1, 0.15) is 0 Å². The Labute approximate surface area is 213 Å². The van der Waals surface area contributed by atoms with Gasteiger partial charge in [-0.05, 0) is 68.1 Å². The van der Waals surface area contributed by atoms with Crippen LogP contribution in [-0.4, -0.2) is 75.3 Å². The molecule has 1 fully saturated rings. The number of carbonyl (C=O) groups excluding carboxylic acids is 2. The SMILES string of the molecule is COC(=O)NCCC[C@H](CCN(C)C(=O)N[C@H](CNO)C[C@H]1CCCCOC1)c1cccc(Cl)c1. The Morgan fingerprint density at radius 1 is 1.31 bits per heavy atom. The van der Waals surface area contributed by atoms with Gasteiger partial charge in [-0.2, -0.15) is 0 Å². The number of carbonyl (C=O) groups is 2. The van der Waals surface area contributed by atoms with Crippen LogP contribution in [0.2, 0.25) is 5.02 Å². The number of halogens is 1. The summed E-state index contributed by atoms with van der Waals surface area (Å²) in [6, 6.07) is 7.42. The Morgan fingerprint density at radius 2 is 2.14 bits per heavy atom. The van der Waals surface area contributed by atoms with Crippen molar-refractivity contribution < 1.29 is 24.3 Å². The Hall–Kier alpha value is -2.07. The first-order valence-corrected chi connectivity index (χ1v) is 12.8. The van der Waals surface area contributed by atoms with E-state index in [9.17, 15) is 14.8 Å². The molecule has 0 aromatic heterocycles. The maximum atomic E-state index is 12.9. The van der Waals surface area contributed by atoms with E-state index in [1.165, 1.54) is 7.11 Å². The molecule has 1 saturated heterocycles. The molecule has 1 aromatic carbocycles. The maximum Gasteiger partial charge on any atom is 0.406 e. The molecule has 2 rings (SSSR count). The molecule has 10 heteroatoms. The van der Waals surface area contributed by atoms with Gasteiger partial charge in [-0.25, -0.2) is 15.1 Å². The number of hydroxylamine groups is 1. The van der Waals surface area contributed by atoms with Gasteiger partial charge in [-0.3, -0.25) is 0 Å². The average molecular weight is 513 g/mol. The quantitative estimate of drug-likeness (QED) is 0.233. The predicted molar refractivity (Wildman–Crippen MR) is 136 cm³/mol. The number of alkyl carbamates (subject to hydrolysis) is 1. The molecule has 0 radical (unpaired) electrons. The van der Waals surface area contributed by atoms with E-state index in [0.29, 0.717) is 30.6 Å². The molecular weight excluding hydrogens is 472 g/mol. The minimum absolute atomic E-state index is 0.169. The van der Waals surface area contributed by atoms with Gasteiger partial charge in [0.05, 0.1) is 7.11 Å². The highest BCUT2D eigenvalue weighted by Crippen LogP contribution is 2.27. The molecule has 3 amide bonds. The number of ether oxygens (including phenoxy) is 2. The van der Waals surface area contributed by atoms with Crippen LogP contribution >= 0.6 is 11.6 Å². The molecule has 4 N–H and O–H groups in total. The van der Waals surface area contributed by atoms with E-state index in [1.807, 2.05) is 24.3 Å². The predicted octanol–water partition coefficient (Wildman–Crippen LogP) is 4.15. The van der Waals surface area contributed by atoms with Gasteiger partial charge in [-0.15, -0.1) is 0 Å². The molecule has 1 aliphatic rings. The largest absolute Gasteiger partial charge is 0.453 e. The first-order valence-electron chi connectivity index (χ1n) is 12.5. The third-order valence-corrected chi connectivity index (χ3v) is 6.69. The molecule has 0 aliphatic carbocycles. The molecule has 1 aromatic rings. The summed E-state index contributed by atoms with van der Waals surface area (Å²) < 4.78 is 10.3. The van der Waals surface area contributed by atoms with Crippen LogP contribution in [0.15, 0.2) is 24.3 Å². The smallest absolute Gasteiger partial charge is 0.406 e. The molecular formula is C25H41ClN4O5. The van der Waals surface area contributed by atoms with Crippen molar-refractivity contribution in [2.75, 3.05) is 47.0 Å². The molecule has 9 nitrogen and oxygen atoms in total. The Kier molecular flexibility index (Phi) is 13.8. The lowest BCUT2D eigenvalue weighted by molar-refractivity contribution is 0.102. The normalized spacial score (nSPS) is 17.7. The van der Waals surface area contributed by atoms with E-state index in [4.69, 9.17) is 16.3 Å². The van der Waals surface area contributed by atoms with E-state index in [2.05, 4.69) is 20.9 Å². The van der Waals surface area contributed by atoms with E-state index in [0.717, 1.165) is 57.1 Å². The van der Waals surface area contributed by atoms with Gasteiger partial charge in [-0.1, -0.05) is 30.2 Å². The third-order valence-electron chi connectivity index (χ3n) is 6.45. The summed E-state index contributed by atoms with van der Waals surface area (Å²) >= 11 is 6.22. The fourth-order valence-electron chi connectivity index (χ4n) is 4.45. The van der Waals surface area contributed by atoms with Crippen molar-refractivity contribution in [3.05, 3.63) is 34.9 Å². The van der Waals surface area contributed by atoms with Crippen molar-refractivity contribution in [3.8, 4) is 0 Å². The second kappa shape index (κ2) is 16.6. The van der Waals surface area contributed by atoms with Crippen molar-refractivity contribution >= 4 is 23.7 Å². The second-order valence-electron chi connectivity index (χ2n) is 9.20. The van der Waals surface area contributed by atoms with E-state index >= 15 is 0 Å². The van der Waals surface area contributed by atoms with Crippen LogP contribution in [0.25, 0.3) is 0 Å². The highest BCUT2D eigenvalue weighted by molar-refractivity contribution is 6.30. The molecule has 0 unspecified atom stereocenters. The Balaban J connectivity index is 1.89. The zero-order chi connectivity index (χ0) is 25.5. The molecule has 0 spiro atoms. The molecule has 1 heterocycles. The molecule has 35 heavy (non-hydrogen) atoms. The van der Waals surface area contributed by atoms with Crippen LogP contribution in [-0.2, 0) is 9.47 Å². The summed E-state index contributed by atoms with van der Waals surface area (Å²) in [5, 5.41) is 15.7. The fourth-order valence-corrected chi connectivity index (χ4v) is 4.65. The van der Waals surface area contributed by atoms with Crippen LogP contribution in [0.4, 0.5) is 9.59 Å². The third kappa shape index (κ3) is 11.5. The van der Waals surface area contributed by atoms with Crippen LogP contribution in [0, 0.1) is 5.92 Å². The number of nitrogens with zero attached hydrogens (tertiary/aromatic N) is 1. The summed E-state index contributed by atoms with van der Waals surface area (Å²) in [7, 11) is 3.12. The lowest BCUT2D eigenvalue weighted by atomic mass is 9.91. The Bertz CT molecular complexity index is 761. The first-order chi connectivity index (χ1) is 16.9. The van der Waals surface area contributed by atoms with Crippen LogP contribution in [0.3, 0.4) is 0 Å². The first kappa shape index (κ1) is 29.2. The topological polar surface area (TPSA) is 112 Å². The number of urea groups is 1. The maximum absolute atomic E-state index is 12.9. The van der Waals surface area contributed by atoms with Gasteiger partial charge >= 0.3 is 12.1 Å². The standard InChI is InChI=1S/C25H41ClN4O5/c1-30(24(31)29-23(17-28-33)15-19-7-3-4-14-35-18-19)13-11-20(9-6-12-27-25(32)34-2)21-8-5-10-22(26)16-21/h5,8,10,16,19-20,23,28,33H,3-4,6-7,9,11-15,17-18H2,1-2H3,(H,27,32)(H,29,31)/t19-,20-,23+/m1/s1. The zero-order valence-corrected chi connectivity index (χ0v) is 21.7. The van der Waals surface area contributed by atoms with Crippen LogP contribution in [0.5, 0.6) is 0 Å². The summed E-state index contributed by atoms with van der Waals surface area (Å²) in [6.07, 6.45) is 5.93. The molecule has 0 saturated carbocycles. The highest BCUT2D eigenvalue weighted by Gasteiger charge is 2.22. The summed E-state index contributed by atoms with van der Waals surface area (Å²) in [6.45, 7) is 2.84. The lowest BCUT2D eigenvalue weighted by Crippen LogP contribution is -2.48. The molecule has 0 bridgehead atoms. The van der Waals surface area contributed by atoms with Crippen molar-refractivity contribution in [1.82, 2.24) is 21.0 Å². The van der Waals surface area contributed by atoms with Crippen molar-refractivity contribution in [2.45, 2.75) is 56.9 Å². The van der Waals surface area contributed by atoms with Crippen LogP contribution < -0.4 is 16.1 Å². The van der Waals surface area contributed by atoms with E-state index in [-0.39, 0.29) is 24.5 Å². The van der Waals surface area contributed by atoms with Gasteiger partial charge < -0.3 is 30.2 Å². The molecule has 3 atom stereocenters. The summed E-state index contributed by atoms with van der Waals surface area (Å²) in [4.78, 5) is 25.9. The number of rotatable bonds is 13. The fraction of sp³-hybridized carbons (Fsp3) is 0.680. The minimum atomic E-state index is -0.442. The highest BCUT2D eigenvalue weighted by atomic mass is 35.5. The zero-order valence-electron chi connectivity index (χ0n) is 20.9. The van der Waals surface area contributed by atoms with Crippen LogP contribution in [0.1, 0.15) is 56.4 Å². The number of nitrogens with one attached hydrogen (secondary N) is 3. The lowest BCUT2D eigenvalue weighted by Gasteiger charge is -2.27. The van der Waals surface area contributed by atoms with Gasteiger partial charge in [0.25, 0.3) is 0 Å². The second-order valence-corrected chi connectivity index (χ2v) is 9.64. The van der Waals surface area contributed by atoms with Gasteiger partial charge in [0.2, 0.25) is 0 Å². The number of hydrogen-bond acceptors (Lipinski definition) is 6. The summed E-state index contributed by atoms with van der Waals surface area (Å²) in [5.41, 5.74) is 3.32. The number of amides is 3. The number of benzene rings is 1. The van der Waals surface area contributed by atoms with E-state index in [1.54, 1.807) is 11.9 Å². The van der Waals surface area contributed by atoms with E-state index < -0.39 is 6.09 Å². The monoisotopic (exact) mass is 512 g/mol. The summed E-state index contributed by atoms with van der Waals surface area (Å²) in [5.74, 6) is 0.550.